The highest BCUT2D eigenvalue weighted by atomic mass is 127. The van der Waals surface area contributed by atoms with Crippen LogP contribution in [0.1, 0.15) is 45.3 Å². The Morgan fingerprint density at radius 2 is 2.33 bits per heavy atom. The molecule has 1 amide bonds. The lowest BCUT2D eigenvalue weighted by atomic mass is 10.1. The third kappa shape index (κ3) is 3.15. The van der Waals surface area contributed by atoms with Crippen molar-refractivity contribution in [3.05, 3.63) is 15.7 Å². The van der Waals surface area contributed by atoms with Gasteiger partial charge in [-0.1, -0.05) is 0 Å². The second kappa shape index (κ2) is 5.07. The fourth-order valence-electron chi connectivity index (χ4n) is 2.11. The van der Waals surface area contributed by atoms with Gasteiger partial charge in [-0.15, -0.1) is 0 Å². The molecule has 1 unspecified atom stereocenters. The number of imidazole rings is 1. The third-order valence-corrected chi connectivity index (χ3v) is 3.35. The van der Waals surface area contributed by atoms with Crippen molar-refractivity contribution >= 4 is 28.7 Å². The summed E-state index contributed by atoms with van der Waals surface area (Å²) in [6, 6.07) is 0.0656. The van der Waals surface area contributed by atoms with E-state index in [4.69, 9.17) is 4.74 Å². The van der Waals surface area contributed by atoms with Crippen molar-refractivity contribution in [2.24, 2.45) is 0 Å². The van der Waals surface area contributed by atoms with Crippen LogP contribution in [-0.2, 0) is 4.74 Å². The van der Waals surface area contributed by atoms with Gasteiger partial charge in [0.1, 0.15) is 5.60 Å². The molecule has 0 aliphatic carbocycles. The lowest BCUT2D eigenvalue weighted by molar-refractivity contribution is 0.0221. The molecule has 0 aromatic carbocycles. The molecule has 0 spiro atoms. The van der Waals surface area contributed by atoms with Gasteiger partial charge in [0.25, 0.3) is 0 Å². The van der Waals surface area contributed by atoms with Crippen molar-refractivity contribution < 1.29 is 9.53 Å². The Kier molecular flexibility index (Phi) is 3.84. The summed E-state index contributed by atoms with van der Waals surface area (Å²) in [6.45, 7) is 6.40. The van der Waals surface area contributed by atoms with Crippen molar-refractivity contribution in [3.8, 4) is 0 Å². The number of halogens is 1. The maximum Gasteiger partial charge on any atom is 0.410 e. The quantitative estimate of drug-likeness (QED) is 0.781. The first-order valence-corrected chi connectivity index (χ1v) is 7.15. The maximum atomic E-state index is 12.1. The van der Waals surface area contributed by atoms with E-state index in [0.717, 1.165) is 28.9 Å². The minimum atomic E-state index is -0.452. The van der Waals surface area contributed by atoms with Crippen LogP contribution in [0, 0.1) is 3.83 Å². The zero-order valence-electron chi connectivity index (χ0n) is 10.9. The van der Waals surface area contributed by atoms with Crippen molar-refractivity contribution in [2.75, 3.05) is 6.54 Å². The van der Waals surface area contributed by atoms with Gasteiger partial charge in [-0.3, -0.25) is 4.90 Å². The van der Waals surface area contributed by atoms with Crippen molar-refractivity contribution in [3.63, 3.8) is 0 Å². The number of carbonyl (C=O) groups is 1. The van der Waals surface area contributed by atoms with Crippen LogP contribution < -0.4 is 0 Å². The number of hydrogen-bond acceptors (Lipinski definition) is 3. The second-order valence-electron chi connectivity index (χ2n) is 5.46. The molecule has 1 saturated heterocycles. The Morgan fingerprint density at radius 1 is 1.61 bits per heavy atom. The first-order valence-electron chi connectivity index (χ1n) is 6.07. The number of amides is 1. The Balaban J connectivity index is 2.10. The minimum absolute atomic E-state index is 0.0656. The lowest BCUT2D eigenvalue weighted by Crippen LogP contribution is -2.36. The molecule has 1 aliphatic rings. The molecular formula is C12H18IN3O2. The Bertz CT molecular complexity index is 439. The Labute approximate surface area is 120 Å². The third-order valence-electron chi connectivity index (χ3n) is 2.80. The van der Waals surface area contributed by atoms with Crippen molar-refractivity contribution in [1.82, 2.24) is 14.9 Å². The molecule has 6 heteroatoms. The van der Waals surface area contributed by atoms with Gasteiger partial charge in [0, 0.05) is 6.54 Å². The lowest BCUT2D eigenvalue weighted by Gasteiger charge is -2.28. The topological polar surface area (TPSA) is 58.2 Å². The van der Waals surface area contributed by atoms with E-state index < -0.39 is 5.60 Å². The molecule has 18 heavy (non-hydrogen) atoms. The molecule has 1 atom stereocenters. The fourth-order valence-corrected chi connectivity index (χ4v) is 2.56. The fraction of sp³-hybridized carbons (Fsp3) is 0.667. The standard InChI is InChI=1S/C12H18IN3O2/c1-12(2,3)18-11(17)16-6-4-5-9(16)8-7-14-10(13)15-8/h7,9H,4-6H2,1-3H3,(H,14,15). The minimum Gasteiger partial charge on any atom is -0.444 e. The van der Waals surface area contributed by atoms with E-state index in [0.29, 0.717) is 0 Å². The number of nitrogens with zero attached hydrogens (tertiary/aromatic N) is 2. The number of aromatic amines is 1. The van der Waals surface area contributed by atoms with E-state index in [2.05, 4.69) is 32.6 Å². The average molecular weight is 363 g/mol. The molecule has 1 N–H and O–H groups in total. The van der Waals surface area contributed by atoms with Gasteiger partial charge < -0.3 is 9.72 Å². The summed E-state index contributed by atoms with van der Waals surface area (Å²) in [6.07, 6.45) is 3.52. The number of H-pyrrole nitrogens is 1. The molecule has 2 heterocycles. The molecule has 0 bridgehead atoms. The van der Waals surface area contributed by atoms with Gasteiger partial charge in [0.2, 0.25) is 0 Å². The average Bonchev–Trinajstić information content (AvgIpc) is 2.81. The molecule has 2 rings (SSSR count). The largest absolute Gasteiger partial charge is 0.444 e. The molecule has 1 aromatic heterocycles. The van der Waals surface area contributed by atoms with Crippen LogP contribution in [-0.4, -0.2) is 33.1 Å². The smallest absolute Gasteiger partial charge is 0.410 e. The predicted molar refractivity (Wildman–Crippen MR) is 76.2 cm³/mol. The summed E-state index contributed by atoms with van der Waals surface area (Å²) in [5, 5.41) is 0. The van der Waals surface area contributed by atoms with Crippen LogP contribution in [0.4, 0.5) is 4.79 Å². The number of carbonyl (C=O) groups excluding carboxylic acids is 1. The van der Waals surface area contributed by atoms with Gasteiger partial charge in [-0.05, 0) is 56.2 Å². The summed E-state index contributed by atoms with van der Waals surface area (Å²) in [4.78, 5) is 21.3. The highest BCUT2D eigenvalue weighted by molar-refractivity contribution is 14.1. The van der Waals surface area contributed by atoms with E-state index in [-0.39, 0.29) is 12.1 Å². The Hall–Kier alpha value is -0.790. The summed E-state index contributed by atoms with van der Waals surface area (Å²) in [5.74, 6) is 0. The summed E-state index contributed by atoms with van der Waals surface area (Å²) in [5.41, 5.74) is 0.537. The monoisotopic (exact) mass is 363 g/mol. The zero-order chi connectivity index (χ0) is 13.3. The molecule has 0 radical (unpaired) electrons. The number of likely N-dealkylation sites (tertiary alicyclic amines) is 1. The molecule has 5 nitrogen and oxygen atoms in total. The normalized spacial score (nSPS) is 20.2. The van der Waals surface area contributed by atoms with Gasteiger partial charge in [-0.25, -0.2) is 9.78 Å². The van der Waals surface area contributed by atoms with E-state index in [1.165, 1.54) is 0 Å². The second-order valence-corrected chi connectivity index (χ2v) is 6.48. The summed E-state index contributed by atoms with van der Waals surface area (Å²) in [7, 11) is 0. The predicted octanol–water partition coefficient (Wildman–Crippen LogP) is 3.09. The number of nitrogens with one attached hydrogen (secondary N) is 1. The van der Waals surface area contributed by atoms with E-state index in [9.17, 15) is 4.79 Å². The molecule has 100 valence electrons. The van der Waals surface area contributed by atoms with Crippen LogP contribution >= 0.6 is 22.6 Å². The van der Waals surface area contributed by atoms with Crippen LogP contribution in [0.15, 0.2) is 6.20 Å². The summed E-state index contributed by atoms with van der Waals surface area (Å²) < 4.78 is 6.28. The Morgan fingerprint density at radius 3 is 2.89 bits per heavy atom. The highest BCUT2D eigenvalue weighted by Gasteiger charge is 2.33. The van der Waals surface area contributed by atoms with E-state index in [1.807, 2.05) is 20.8 Å². The first-order chi connectivity index (χ1) is 8.37. The molecular weight excluding hydrogens is 345 g/mol. The number of rotatable bonds is 1. The zero-order valence-corrected chi connectivity index (χ0v) is 13.0. The van der Waals surface area contributed by atoms with Crippen LogP contribution in [0.3, 0.4) is 0 Å². The molecule has 0 saturated carbocycles. The van der Waals surface area contributed by atoms with Gasteiger partial charge in [0.15, 0.2) is 3.83 Å². The van der Waals surface area contributed by atoms with Gasteiger partial charge in [-0.2, -0.15) is 0 Å². The molecule has 1 aliphatic heterocycles. The van der Waals surface area contributed by atoms with Crippen LogP contribution in [0.2, 0.25) is 0 Å². The number of aromatic nitrogens is 2. The summed E-state index contributed by atoms with van der Waals surface area (Å²) >= 11 is 2.13. The van der Waals surface area contributed by atoms with Crippen molar-refractivity contribution in [1.29, 1.82) is 0 Å². The maximum absolute atomic E-state index is 12.1. The van der Waals surface area contributed by atoms with Crippen LogP contribution in [0.5, 0.6) is 0 Å². The van der Waals surface area contributed by atoms with E-state index in [1.54, 1.807) is 11.1 Å². The molecule has 1 aromatic rings. The SMILES string of the molecule is CC(C)(C)OC(=O)N1CCCC1c1cnc(I)[nH]1. The van der Waals surface area contributed by atoms with Crippen molar-refractivity contribution in [2.45, 2.75) is 45.3 Å². The van der Waals surface area contributed by atoms with E-state index >= 15 is 0 Å². The first kappa shape index (κ1) is 13.6. The van der Waals surface area contributed by atoms with Gasteiger partial charge >= 0.3 is 6.09 Å². The van der Waals surface area contributed by atoms with Gasteiger partial charge in [0.05, 0.1) is 17.9 Å². The highest BCUT2D eigenvalue weighted by Crippen LogP contribution is 2.32. The molecule has 1 fully saturated rings. The van der Waals surface area contributed by atoms with Crippen LogP contribution in [0.25, 0.3) is 0 Å². The number of hydrogen-bond donors (Lipinski definition) is 1. The number of ether oxygens (including phenoxy) is 1.